The zero-order valence-electron chi connectivity index (χ0n) is 22.7. The number of fused-ring (bicyclic) bond motifs is 7. The van der Waals surface area contributed by atoms with Gasteiger partial charge in [-0.1, -0.05) is 96.5 Å². The molecule has 0 bridgehead atoms. The van der Waals surface area contributed by atoms with Crippen LogP contribution in [0.1, 0.15) is 22.9 Å². The minimum Gasteiger partial charge on any atom is -0.456 e. The molecule has 0 spiro atoms. The van der Waals surface area contributed by atoms with Gasteiger partial charge in [-0.15, -0.1) is 11.3 Å². The maximum absolute atomic E-state index is 7.00. The highest BCUT2D eigenvalue weighted by Crippen LogP contribution is 2.40. The number of thiophene rings is 1. The van der Waals surface area contributed by atoms with E-state index in [0.717, 1.165) is 49.9 Å². The zero-order chi connectivity index (χ0) is 28.5. The Bertz CT molecular complexity index is 2470. The second-order valence-electron chi connectivity index (χ2n) is 10.7. The van der Waals surface area contributed by atoms with Gasteiger partial charge in [0.1, 0.15) is 23.2 Å². The molecule has 0 amide bonds. The van der Waals surface area contributed by atoms with Gasteiger partial charge in [0.2, 0.25) is 0 Å². The highest BCUT2D eigenvalue weighted by molar-refractivity contribution is 7.25. The van der Waals surface area contributed by atoms with Crippen LogP contribution in [0.3, 0.4) is 0 Å². The Kier molecular flexibility index (Phi) is 5.45. The van der Waals surface area contributed by atoms with Gasteiger partial charge in [-0.05, 0) is 47.2 Å². The topological polar surface area (TPSA) is 49.9 Å². The van der Waals surface area contributed by atoms with E-state index in [-0.39, 0.29) is 6.17 Å². The van der Waals surface area contributed by atoms with Crippen LogP contribution in [0.15, 0.2) is 136 Å². The van der Waals surface area contributed by atoms with Crippen LogP contribution < -0.4 is 5.32 Å². The highest BCUT2D eigenvalue weighted by Gasteiger charge is 2.27. The summed E-state index contributed by atoms with van der Waals surface area (Å²) >= 11 is 8.81. The summed E-state index contributed by atoms with van der Waals surface area (Å²) in [6, 6.07) is 41.7. The molecular weight excluding hydrogens is 570 g/mol. The lowest BCUT2D eigenvalue weighted by molar-refractivity contribution is 0.668. The van der Waals surface area contributed by atoms with Crippen molar-refractivity contribution in [1.29, 1.82) is 0 Å². The molecule has 0 saturated heterocycles. The Labute approximate surface area is 255 Å². The lowest BCUT2D eigenvalue weighted by Crippen LogP contribution is -2.33. The molecule has 8 aromatic rings. The van der Waals surface area contributed by atoms with Crippen molar-refractivity contribution in [2.75, 3.05) is 0 Å². The number of halogens is 1. The van der Waals surface area contributed by atoms with E-state index < -0.39 is 0 Å². The summed E-state index contributed by atoms with van der Waals surface area (Å²) in [7, 11) is 0. The molecule has 1 atom stereocenters. The first-order valence-electron chi connectivity index (χ1n) is 14.1. The summed E-state index contributed by atoms with van der Waals surface area (Å²) in [5.41, 5.74) is 4.42. The first kappa shape index (κ1) is 24.6. The third-order valence-corrected chi connectivity index (χ3v) is 9.66. The molecular formula is C37H22ClN3OS. The number of rotatable bonds is 3. The summed E-state index contributed by atoms with van der Waals surface area (Å²) in [5, 5.41) is 11.0. The lowest BCUT2D eigenvalue weighted by atomic mass is 10.0. The average molecular weight is 592 g/mol. The number of hydrogen-bond acceptors (Lipinski definition) is 5. The van der Waals surface area contributed by atoms with E-state index in [2.05, 4.69) is 96.3 Å². The number of nitrogens with zero attached hydrogens (tertiary/aromatic N) is 2. The molecule has 0 aliphatic carbocycles. The van der Waals surface area contributed by atoms with Gasteiger partial charge in [0.05, 0.1) is 5.02 Å². The fraction of sp³-hybridized carbons (Fsp3) is 0.0270. The number of hydrogen-bond donors (Lipinski definition) is 1. The van der Waals surface area contributed by atoms with Crippen molar-refractivity contribution in [2.24, 2.45) is 9.98 Å². The molecule has 204 valence electrons. The average Bonchev–Trinajstić information content (AvgIpc) is 3.63. The third kappa shape index (κ3) is 3.89. The fourth-order valence-electron chi connectivity index (χ4n) is 6.24. The van der Waals surface area contributed by atoms with Gasteiger partial charge in [-0.3, -0.25) is 0 Å². The number of furan rings is 1. The first-order chi connectivity index (χ1) is 21.2. The number of amidine groups is 2. The van der Waals surface area contributed by atoms with E-state index in [4.69, 9.17) is 26.0 Å². The number of benzene rings is 6. The smallest absolute Gasteiger partial charge is 0.161 e. The summed E-state index contributed by atoms with van der Waals surface area (Å²) in [6.07, 6.45) is -0.389. The van der Waals surface area contributed by atoms with Crippen molar-refractivity contribution in [3.63, 3.8) is 0 Å². The van der Waals surface area contributed by atoms with Crippen LogP contribution in [-0.2, 0) is 0 Å². The van der Waals surface area contributed by atoms with E-state index in [1.807, 2.05) is 30.3 Å². The third-order valence-electron chi connectivity index (χ3n) is 8.21. The predicted molar refractivity (Wildman–Crippen MR) is 181 cm³/mol. The number of aliphatic imine (C=N–C) groups is 2. The van der Waals surface area contributed by atoms with Crippen LogP contribution in [0, 0.1) is 0 Å². The van der Waals surface area contributed by atoms with Crippen LogP contribution in [0.4, 0.5) is 0 Å². The van der Waals surface area contributed by atoms with Crippen molar-refractivity contribution < 1.29 is 4.42 Å². The van der Waals surface area contributed by atoms with Crippen molar-refractivity contribution in [3.8, 4) is 0 Å². The molecule has 1 aliphatic rings. The van der Waals surface area contributed by atoms with E-state index in [9.17, 15) is 0 Å². The van der Waals surface area contributed by atoms with Crippen molar-refractivity contribution in [2.45, 2.75) is 6.17 Å². The maximum Gasteiger partial charge on any atom is 0.161 e. The Hall–Kier alpha value is -4.97. The van der Waals surface area contributed by atoms with Crippen molar-refractivity contribution >= 4 is 87.5 Å². The minimum absolute atomic E-state index is 0.389. The van der Waals surface area contributed by atoms with Gasteiger partial charge in [-0.2, -0.15) is 0 Å². The Balaban J connectivity index is 1.32. The van der Waals surface area contributed by atoms with Gasteiger partial charge in [-0.25, -0.2) is 9.98 Å². The lowest BCUT2D eigenvalue weighted by Gasteiger charge is -2.25. The SMILES string of the molecule is Clc1ccc2oc3ccccc3c2c1C1=NC(c2cccc3sc4ccccc4c23)NC(c2ccc3ccccc3c2)=N1. The van der Waals surface area contributed by atoms with E-state index >= 15 is 0 Å². The standard InChI is InChI=1S/C37H22ClN3OS/c38-27-18-19-29-33(24-10-3-5-13-28(24)42-29)34(27)37-40-35(23-17-16-21-8-1-2-9-22(21)20-23)39-36(41-37)26-12-7-15-31-32(26)25-11-4-6-14-30(25)43-31/h1-20,36H,(H,39,40,41). The van der Waals surface area contributed by atoms with E-state index in [1.165, 1.54) is 25.6 Å². The quantitative estimate of drug-likeness (QED) is 0.222. The van der Waals surface area contributed by atoms with Crippen LogP contribution in [0.25, 0.3) is 52.9 Å². The van der Waals surface area contributed by atoms with Crippen molar-refractivity contribution in [3.05, 3.63) is 143 Å². The summed E-state index contributed by atoms with van der Waals surface area (Å²) in [5.74, 6) is 1.32. The normalized spacial score (nSPS) is 15.3. The molecule has 3 heterocycles. The van der Waals surface area contributed by atoms with Gasteiger partial charge < -0.3 is 9.73 Å². The number of nitrogens with one attached hydrogen (secondary N) is 1. The molecule has 43 heavy (non-hydrogen) atoms. The monoisotopic (exact) mass is 591 g/mol. The first-order valence-corrected chi connectivity index (χ1v) is 15.3. The van der Waals surface area contributed by atoms with Crippen molar-refractivity contribution in [1.82, 2.24) is 5.32 Å². The molecule has 1 N–H and O–H groups in total. The minimum atomic E-state index is -0.389. The van der Waals surface area contributed by atoms with E-state index in [1.54, 1.807) is 11.3 Å². The Morgan fingerprint density at radius 2 is 1.47 bits per heavy atom. The van der Waals surface area contributed by atoms with Gasteiger partial charge >= 0.3 is 0 Å². The zero-order valence-corrected chi connectivity index (χ0v) is 24.3. The number of para-hydroxylation sites is 1. The molecule has 0 radical (unpaired) electrons. The summed E-state index contributed by atoms with van der Waals surface area (Å²) in [4.78, 5) is 10.5. The second-order valence-corrected chi connectivity index (χ2v) is 12.2. The van der Waals surface area contributed by atoms with Crippen LogP contribution in [0.5, 0.6) is 0 Å². The molecule has 2 aromatic heterocycles. The molecule has 0 saturated carbocycles. The van der Waals surface area contributed by atoms with Gasteiger partial charge in [0, 0.05) is 47.6 Å². The highest BCUT2D eigenvalue weighted by atomic mass is 35.5. The van der Waals surface area contributed by atoms with Gasteiger partial charge in [0.25, 0.3) is 0 Å². The summed E-state index contributed by atoms with van der Waals surface area (Å²) < 4.78 is 8.71. The van der Waals surface area contributed by atoms with Crippen LogP contribution in [-0.4, -0.2) is 11.7 Å². The predicted octanol–water partition coefficient (Wildman–Crippen LogP) is 10.3. The Morgan fingerprint density at radius 3 is 2.40 bits per heavy atom. The largest absolute Gasteiger partial charge is 0.456 e. The molecule has 4 nitrogen and oxygen atoms in total. The van der Waals surface area contributed by atoms with Crippen LogP contribution in [0.2, 0.25) is 5.02 Å². The maximum atomic E-state index is 7.00. The molecule has 6 heteroatoms. The molecule has 6 aromatic carbocycles. The van der Waals surface area contributed by atoms with E-state index in [0.29, 0.717) is 10.9 Å². The second kappa shape index (κ2) is 9.53. The molecule has 1 unspecified atom stereocenters. The fourth-order valence-corrected chi connectivity index (χ4v) is 7.63. The summed E-state index contributed by atoms with van der Waals surface area (Å²) in [6.45, 7) is 0. The van der Waals surface area contributed by atoms with Crippen LogP contribution >= 0.6 is 22.9 Å². The molecule has 9 rings (SSSR count). The van der Waals surface area contributed by atoms with Gasteiger partial charge in [0.15, 0.2) is 5.84 Å². The molecule has 0 fully saturated rings. The molecule has 1 aliphatic heterocycles. The Morgan fingerprint density at radius 1 is 0.674 bits per heavy atom.